The zero-order chi connectivity index (χ0) is 16.1. The highest BCUT2D eigenvalue weighted by molar-refractivity contribution is 5.89. The van der Waals surface area contributed by atoms with Gasteiger partial charge in [0.15, 0.2) is 0 Å². The average Bonchev–Trinajstić information content (AvgIpc) is 2.32. The maximum Gasteiger partial charge on any atom is 0.244 e. The fourth-order valence-electron chi connectivity index (χ4n) is 1.59. The van der Waals surface area contributed by atoms with Crippen molar-refractivity contribution in [2.24, 2.45) is 17.1 Å². The molecule has 5 heteroatoms. The Labute approximate surface area is 123 Å². The molecule has 5 nitrogen and oxygen atoms in total. The highest BCUT2D eigenvalue weighted by atomic mass is 16.2. The van der Waals surface area contributed by atoms with Gasteiger partial charge in [0.05, 0.1) is 0 Å². The standard InChI is InChI=1S/C15H31N3O2/c1-10(2)12(16)8-9-18(7)13(19)11(3)17-14(20)15(4,5)6/h10-12H,8-9,16H2,1-7H3,(H,17,20). The van der Waals surface area contributed by atoms with Gasteiger partial charge in [0.1, 0.15) is 6.04 Å². The van der Waals surface area contributed by atoms with Crippen LogP contribution in [0.2, 0.25) is 0 Å². The number of amides is 2. The molecule has 0 aromatic rings. The lowest BCUT2D eigenvalue weighted by molar-refractivity contribution is -0.137. The molecule has 0 bridgehead atoms. The summed E-state index contributed by atoms with van der Waals surface area (Å²) in [5.41, 5.74) is 5.48. The molecule has 0 rings (SSSR count). The van der Waals surface area contributed by atoms with Crippen LogP contribution in [0.5, 0.6) is 0 Å². The molecular formula is C15H31N3O2. The first-order valence-electron chi connectivity index (χ1n) is 7.28. The molecule has 0 fully saturated rings. The second kappa shape index (κ2) is 7.62. The molecule has 2 amide bonds. The fraction of sp³-hybridized carbons (Fsp3) is 0.867. The maximum atomic E-state index is 12.2. The second-order valence-corrected chi connectivity index (χ2v) is 6.90. The van der Waals surface area contributed by atoms with Gasteiger partial charge in [0.25, 0.3) is 0 Å². The topological polar surface area (TPSA) is 75.4 Å². The molecular weight excluding hydrogens is 254 g/mol. The summed E-state index contributed by atoms with van der Waals surface area (Å²) >= 11 is 0. The van der Waals surface area contributed by atoms with Crippen molar-refractivity contribution in [3.63, 3.8) is 0 Å². The molecule has 3 N–H and O–H groups in total. The van der Waals surface area contributed by atoms with E-state index in [4.69, 9.17) is 5.73 Å². The Morgan fingerprint density at radius 2 is 1.70 bits per heavy atom. The highest BCUT2D eigenvalue weighted by Crippen LogP contribution is 2.13. The first-order chi connectivity index (χ1) is 8.96. The lowest BCUT2D eigenvalue weighted by Gasteiger charge is -2.26. The minimum Gasteiger partial charge on any atom is -0.344 e. The van der Waals surface area contributed by atoms with Crippen molar-refractivity contribution < 1.29 is 9.59 Å². The van der Waals surface area contributed by atoms with Crippen LogP contribution in [-0.4, -0.2) is 42.4 Å². The lowest BCUT2D eigenvalue weighted by Crippen LogP contribution is -2.49. The minimum atomic E-state index is -0.512. The van der Waals surface area contributed by atoms with Crippen LogP contribution in [0.25, 0.3) is 0 Å². The molecule has 0 heterocycles. The molecule has 0 aromatic carbocycles. The molecule has 0 radical (unpaired) electrons. The van der Waals surface area contributed by atoms with Crippen molar-refractivity contribution >= 4 is 11.8 Å². The monoisotopic (exact) mass is 285 g/mol. The number of nitrogens with zero attached hydrogens (tertiary/aromatic N) is 1. The van der Waals surface area contributed by atoms with Gasteiger partial charge >= 0.3 is 0 Å². The van der Waals surface area contributed by atoms with E-state index in [1.165, 1.54) is 0 Å². The average molecular weight is 285 g/mol. The summed E-state index contributed by atoms with van der Waals surface area (Å²) in [7, 11) is 1.75. The van der Waals surface area contributed by atoms with Crippen LogP contribution in [0, 0.1) is 11.3 Å². The van der Waals surface area contributed by atoms with Gasteiger partial charge in [-0.3, -0.25) is 9.59 Å². The quantitative estimate of drug-likeness (QED) is 0.774. The Balaban J connectivity index is 4.33. The van der Waals surface area contributed by atoms with E-state index in [0.717, 1.165) is 6.42 Å². The Morgan fingerprint density at radius 1 is 1.20 bits per heavy atom. The maximum absolute atomic E-state index is 12.2. The predicted molar refractivity (Wildman–Crippen MR) is 82.1 cm³/mol. The number of likely N-dealkylation sites (N-methyl/N-ethyl adjacent to an activating group) is 1. The zero-order valence-corrected chi connectivity index (χ0v) is 14.0. The summed E-state index contributed by atoms with van der Waals surface area (Å²) < 4.78 is 0. The predicted octanol–water partition coefficient (Wildman–Crippen LogP) is 1.37. The normalized spacial score (nSPS) is 14.8. The van der Waals surface area contributed by atoms with Crippen molar-refractivity contribution in [1.29, 1.82) is 0 Å². The van der Waals surface area contributed by atoms with Gasteiger partial charge in [0.2, 0.25) is 11.8 Å². The van der Waals surface area contributed by atoms with Crippen molar-refractivity contribution in [1.82, 2.24) is 10.2 Å². The van der Waals surface area contributed by atoms with E-state index in [1.807, 2.05) is 20.8 Å². The minimum absolute atomic E-state index is 0.0847. The molecule has 0 aliphatic carbocycles. The number of carbonyl (C=O) groups excluding carboxylic acids is 2. The third-order valence-electron chi connectivity index (χ3n) is 3.43. The first-order valence-corrected chi connectivity index (χ1v) is 7.28. The number of hydrogen-bond donors (Lipinski definition) is 2. The third-order valence-corrected chi connectivity index (χ3v) is 3.43. The molecule has 0 saturated heterocycles. The van der Waals surface area contributed by atoms with E-state index in [9.17, 15) is 9.59 Å². The first kappa shape index (κ1) is 18.9. The van der Waals surface area contributed by atoms with Crippen LogP contribution >= 0.6 is 0 Å². The Bertz CT molecular complexity index is 335. The number of nitrogens with one attached hydrogen (secondary N) is 1. The van der Waals surface area contributed by atoms with Crippen LogP contribution < -0.4 is 11.1 Å². The summed E-state index contributed by atoms with van der Waals surface area (Å²) in [6.45, 7) is 11.9. The van der Waals surface area contributed by atoms with E-state index in [-0.39, 0.29) is 17.9 Å². The van der Waals surface area contributed by atoms with Gasteiger partial charge in [-0.05, 0) is 19.3 Å². The summed E-state index contributed by atoms with van der Waals surface area (Å²) in [4.78, 5) is 25.6. The van der Waals surface area contributed by atoms with E-state index >= 15 is 0 Å². The summed E-state index contributed by atoms with van der Waals surface area (Å²) in [6, 6.07) is -0.424. The van der Waals surface area contributed by atoms with Gasteiger partial charge in [-0.25, -0.2) is 0 Å². The molecule has 0 aromatic heterocycles. The molecule has 0 saturated carbocycles. The van der Waals surface area contributed by atoms with Gasteiger partial charge in [-0.1, -0.05) is 34.6 Å². The number of hydrogen-bond acceptors (Lipinski definition) is 3. The third kappa shape index (κ3) is 6.37. The van der Waals surface area contributed by atoms with Crippen LogP contribution in [0.1, 0.15) is 48.0 Å². The van der Waals surface area contributed by atoms with Crippen molar-refractivity contribution in [2.75, 3.05) is 13.6 Å². The van der Waals surface area contributed by atoms with E-state index in [1.54, 1.807) is 18.9 Å². The van der Waals surface area contributed by atoms with Gasteiger partial charge in [0, 0.05) is 25.0 Å². The van der Waals surface area contributed by atoms with E-state index in [0.29, 0.717) is 12.5 Å². The van der Waals surface area contributed by atoms with Crippen LogP contribution in [0.3, 0.4) is 0 Å². The second-order valence-electron chi connectivity index (χ2n) is 6.90. The Morgan fingerprint density at radius 3 is 2.10 bits per heavy atom. The van der Waals surface area contributed by atoms with Crippen molar-refractivity contribution in [3.05, 3.63) is 0 Å². The van der Waals surface area contributed by atoms with E-state index in [2.05, 4.69) is 19.2 Å². The van der Waals surface area contributed by atoms with E-state index < -0.39 is 11.5 Å². The molecule has 2 unspecified atom stereocenters. The molecule has 20 heavy (non-hydrogen) atoms. The molecule has 0 aliphatic heterocycles. The zero-order valence-electron chi connectivity index (χ0n) is 14.0. The largest absolute Gasteiger partial charge is 0.344 e. The summed E-state index contributed by atoms with van der Waals surface area (Å²) in [6.07, 6.45) is 0.764. The fourth-order valence-corrected chi connectivity index (χ4v) is 1.59. The number of carbonyl (C=O) groups is 2. The lowest BCUT2D eigenvalue weighted by atomic mass is 9.95. The molecule has 0 aliphatic rings. The van der Waals surface area contributed by atoms with Crippen LogP contribution in [0.4, 0.5) is 0 Å². The Hall–Kier alpha value is -1.10. The Kier molecular flexibility index (Phi) is 7.20. The van der Waals surface area contributed by atoms with Crippen molar-refractivity contribution in [3.8, 4) is 0 Å². The smallest absolute Gasteiger partial charge is 0.244 e. The summed E-state index contributed by atoms with van der Waals surface area (Å²) in [5.74, 6) is 0.195. The molecule has 118 valence electrons. The highest BCUT2D eigenvalue weighted by Gasteiger charge is 2.26. The molecule has 0 spiro atoms. The SMILES string of the molecule is CC(NC(=O)C(C)(C)C)C(=O)N(C)CCC(N)C(C)C. The van der Waals surface area contributed by atoms with Crippen LogP contribution in [-0.2, 0) is 9.59 Å². The van der Waals surface area contributed by atoms with Gasteiger partial charge < -0.3 is 16.0 Å². The van der Waals surface area contributed by atoms with Crippen molar-refractivity contribution in [2.45, 2.75) is 60.0 Å². The number of nitrogens with two attached hydrogens (primary N) is 1. The number of rotatable bonds is 6. The molecule has 2 atom stereocenters. The van der Waals surface area contributed by atoms with Gasteiger partial charge in [-0.2, -0.15) is 0 Å². The summed E-state index contributed by atoms with van der Waals surface area (Å²) in [5, 5.41) is 2.75. The van der Waals surface area contributed by atoms with Gasteiger partial charge in [-0.15, -0.1) is 0 Å². The van der Waals surface area contributed by atoms with Crippen LogP contribution in [0.15, 0.2) is 0 Å².